The Balaban J connectivity index is 1.80. The van der Waals surface area contributed by atoms with E-state index in [1.165, 1.54) is 5.56 Å². The van der Waals surface area contributed by atoms with Gasteiger partial charge in [-0.3, -0.25) is 4.79 Å². The molecule has 0 aliphatic heterocycles. The van der Waals surface area contributed by atoms with Crippen molar-refractivity contribution in [3.8, 4) is 0 Å². The van der Waals surface area contributed by atoms with Gasteiger partial charge in [-0.15, -0.1) is 0 Å². The highest BCUT2D eigenvalue weighted by Gasteiger charge is 2.12. The van der Waals surface area contributed by atoms with Crippen molar-refractivity contribution in [1.82, 2.24) is 0 Å². The van der Waals surface area contributed by atoms with E-state index in [1.54, 1.807) is 6.26 Å². The molecule has 0 saturated carbocycles. The molecule has 2 aromatic carbocycles. The summed E-state index contributed by atoms with van der Waals surface area (Å²) in [7, 11) is 0. The highest BCUT2D eigenvalue weighted by Crippen LogP contribution is 2.23. The number of furan rings is 1. The Bertz CT molecular complexity index is 846. The van der Waals surface area contributed by atoms with Crippen LogP contribution in [0.25, 0.3) is 11.0 Å². The van der Waals surface area contributed by atoms with E-state index in [0.717, 1.165) is 33.3 Å². The predicted molar refractivity (Wildman–Crippen MR) is 89.2 cm³/mol. The van der Waals surface area contributed by atoms with Crippen molar-refractivity contribution in [3.05, 3.63) is 64.9 Å². The van der Waals surface area contributed by atoms with Gasteiger partial charge in [0, 0.05) is 16.6 Å². The van der Waals surface area contributed by atoms with Crippen molar-refractivity contribution in [1.29, 1.82) is 0 Å². The molecule has 0 atom stereocenters. The van der Waals surface area contributed by atoms with Gasteiger partial charge < -0.3 is 9.73 Å². The molecule has 0 unspecified atom stereocenters. The molecular weight excluding hydrogens is 274 g/mol. The van der Waals surface area contributed by atoms with E-state index in [0.29, 0.717) is 6.42 Å². The lowest BCUT2D eigenvalue weighted by Gasteiger charge is -2.10. The number of carbonyl (C=O) groups excluding carboxylic acids is 1. The molecule has 3 nitrogen and oxygen atoms in total. The van der Waals surface area contributed by atoms with Crippen molar-refractivity contribution in [2.24, 2.45) is 0 Å². The number of fused-ring (bicyclic) bond motifs is 1. The number of hydrogen-bond donors (Lipinski definition) is 1. The van der Waals surface area contributed by atoms with Crippen molar-refractivity contribution >= 4 is 22.6 Å². The maximum atomic E-state index is 12.3. The number of rotatable bonds is 3. The zero-order valence-electron chi connectivity index (χ0n) is 13.1. The second-order valence-corrected chi connectivity index (χ2v) is 5.73. The van der Waals surface area contributed by atoms with Crippen LogP contribution in [0.3, 0.4) is 0 Å². The molecule has 1 amide bonds. The van der Waals surface area contributed by atoms with Crippen LogP contribution in [0.5, 0.6) is 0 Å². The van der Waals surface area contributed by atoms with Gasteiger partial charge in [-0.25, -0.2) is 0 Å². The Hall–Kier alpha value is -2.55. The molecule has 1 heterocycles. The van der Waals surface area contributed by atoms with Crippen LogP contribution in [0, 0.1) is 20.8 Å². The first-order chi connectivity index (χ1) is 10.5. The average molecular weight is 293 g/mol. The van der Waals surface area contributed by atoms with Crippen molar-refractivity contribution < 1.29 is 9.21 Å². The lowest BCUT2D eigenvalue weighted by Crippen LogP contribution is -2.15. The van der Waals surface area contributed by atoms with Crippen LogP contribution in [-0.4, -0.2) is 5.91 Å². The maximum Gasteiger partial charge on any atom is 0.228 e. The van der Waals surface area contributed by atoms with Crippen molar-refractivity contribution in [2.45, 2.75) is 27.2 Å². The number of carbonyl (C=O) groups is 1. The normalized spacial score (nSPS) is 10.9. The number of amides is 1. The van der Waals surface area contributed by atoms with Gasteiger partial charge in [-0.2, -0.15) is 0 Å². The third kappa shape index (κ3) is 2.75. The molecule has 112 valence electrons. The molecule has 0 saturated heterocycles. The molecule has 1 aromatic heterocycles. The van der Waals surface area contributed by atoms with Crippen LogP contribution in [0.15, 0.2) is 47.1 Å². The van der Waals surface area contributed by atoms with Gasteiger partial charge in [0.25, 0.3) is 0 Å². The molecule has 0 spiro atoms. The smallest absolute Gasteiger partial charge is 0.228 e. The third-order valence-electron chi connectivity index (χ3n) is 4.04. The highest BCUT2D eigenvalue weighted by molar-refractivity contribution is 5.96. The fraction of sp³-hybridized carbons (Fsp3) is 0.211. The minimum Gasteiger partial charge on any atom is -0.464 e. The molecule has 0 aliphatic carbocycles. The Kier molecular flexibility index (Phi) is 3.72. The molecule has 0 fully saturated rings. The standard InChI is InChI=1S/C19H19NO2/c1-12-7-8-16-15(11-22-18(16)9-12)10-19(21)20-17-6-4-5-13(2)14(17)3/h4-9,11H,10H2,1-3H3,(H,20,21). The topological polar surface area (TPSA) is 42.2 Å². The Morgan fingerprint density at radius 2 is 1.95 bits per heavy atom. The van der Waals surface area contributed by atoms with Crippen LogP contribution < -0.4 is 5.32 Å². The van der Waals surface area contributed by atoms with Crippen molar-refractivity contribution in [3.63, 3.8) is 0 Å². The Morgan fingerprint density at radius 1 is 1.14 bits per heavy atom. The summed E-state index contributed by atoms with van der Waals surface area (Å²) >= 11 is 0. The molecular formula is C19H19NO2. The minimum atomic E-state index is -0.0306. The van der Waals surface area contributed by atoms with E-state index in [-0.39, 0.29) is 5.91 Å². The van der Waals surface area contributed by atoms with Gasteiger partial charge in [-0.05, 0) is 49.6 Å². The maximum absolute atomic E-state index is 12.3. The van der Waals surface area contributed by atoms with Gasteiger partial charge in [0.15, 0.2) is 0 Å². The molecule has 1 N–H and O–H groups in total. The Labute approximate surface area is 130 Å². The third-order valence-corrected chi connectivity index (χ3v) is 4.04. The first-order valence-electron chi connectivity index (χ1n) is 7.37. The lowest BCUT2D eigenvalue weighted by molar-refractivity contribution is -0.115. The van der Waals surface area contributed by atoms with Crippen LogP contribution in [0.1, 0.15) is 22.3 Å². The monoisotopic (exact) mass is 293 g/mol. The van der Waals surface area contributed by atoms with E-state index >= 15 is 0 Å². The summed E-state index contributed by atoms with van der Waals surface area (Å²) in [6.45, 7) is 6.08. The van der Waals surface area contributed by atoms with Gasteiger partial charge >= 0.3 is 0 Å². The summed E-state index contributed by atoms with van der Waals surface area (Å²) in [5, 5.41) is 3.99. The summed E-state index contributed by atoms with van der Waals surface area (Å²) in [4.78, 5) is 12.3. The molecule has 3 rings (SSSR count). The quantitative estimate of drug-likeness (QED) is 0.770. The number of aryl methyl sites for hydroxylation is 2. The van der Waals surface area contributed by atoms with Gasteiger partial charge in [-0.1, -0.05) is 24.3 Å². The lowest BCUT2D eigenvalue weighted by atomic mass is 10.1. The average Bonchev–Trinajstić information content (AvgIpc) is 2.86. The van der Waals surface area contributed by atoms with Crippen LogP contribution >= 0.6 is 0 Å². The molecule has 0 aliphatic rings. The van der Waals surface area contributed by atoms with E-state index in [9.17, 15) is 4.79 Å². The Morgan fingerprint density at radius 3 is 2.77 bits per heavy atom. The highest BCUT2D eigenvalue weighted by atomic mass is 16.3. The fourth-order valence-corrected chi connectivity index (χ4v) is 2.58. The zero-order chi connectivity index (χ0) is 15.7. The summed E-state index contributed by atoms with van der Waals surface area (Å²) in [6.07, 6.45) is 1.98. The first kappa shape index (κ1) is 14.4. The number of hydrogen-bond acceptors (Lipinski definition) is 2. The van der Waals surface area contributed by atoms with Crippen LogP contribution in [0.4, 0.5) is 5.69 Å². The molecule has 3 heteroatoms. The predicted octanol–water partition coefficient (Wildman–Crippen LogP) is 4.54. The molecule has 0 bridgehead atoms. The number of nitrogens with one attached hydrogen (secondary N) is 1. The van der Waals surface area contributed by atoms with Crippen LogP contribution in [0.2, 0.25) is 0 Å². The van der Waals surface area contributed by atoms with E-state index in [2.05, 4.69) is 5.32 Å². The summed E-state index contributed by atoms with van der Waals surface area (Å²) < 4.78 is 5.54. The van der Waals surface area contributed by atoms with Gasteiger partial charge in [0.2, 0.25) is 5.91 Å². The molecule has 0 radical (unpaired) electrons. The number of anilines is 1. The van der Waals surface area contributed by atoms with Gasteiger partial charge in [0.1, 0.15) is 5.58 Å². The van der Waals surface area contributed by atoms with Gasteiger partial charge in [0.05, 0.1) is 12.7 Å². The van der Waals surface area contributed by atoms with Crippen molar-refractivity contribution in [2.75, 3.05) is 5.32 Å². The molecule has 3 aromatic rings. The zero-order valence-corrected chi connectivity index (χ0v) is 13.1. The minimum absolute atomic E-state index is 0.0306. The molecule has 22 heavy (non-hydrogen) atoms. The first-order valence-corrected chi connectivity index (χ1v) is 7.37. The second kappa shape index (κ2) is 5.68. The van der Waals surface area contributed by atoms with Crippen LogP contribution in [-0.2, 0) is 11.2 Å². The summed E-state index contributed by atoms with van der Waals surface area (Å²) in [5.74, 6) is -0.0306. The number of benzene rings is 2. The van der Waals surface area contributed by atoms with E-state index in [4.69, 9.17) is 4.42 Å². The SMILES string of the molecule is Cc1ccc2c(CC(=O)Nc3cccc(C)c3C)coc2c1. The summed E-state index contributed by atoms with van der Waals surface area (Å²) in [5.41, 5.74) is 6.03. The summed E-state index contributed by atoms with van der Waals surface area (Å²) in [6, 6.07) is 11.9. The van der Waals surface area contributed by atoms with E-state index < -0.39 is 0 Å². The second-order valence-electron chi connectivity index (χ2n) is 5.73. The largest absolute Gasteiger partial charge is 0.464 e. The van der Waals surface area contributed by atoms with E-state index in [1.807, 2.05) is 57.2 Å². The fourth-order valence-electron chi connectivity index (χ4n) is 2.58.